The summed E-state index contributed by atoms with van der Waals surface area (Å²) in [5.41, 5.74) is 8.43. The van der Waals surface area contributed by atoms with Gasteiger partial charge >= 0.3 is 0 Å². The molecule has 5 aliphatic carbocycles. The van der Waals surface area contributed by atoms with Crippen molar-refractivity contribution < 1.29 is 0 Å². The molecule has 0 aromatic heterocycles. The molecule has 0 spiro atoms. The molecule has 0 amide bonds. The van der Waals surface area contributed by atoms with Crippen molar-refractivity contribution in [3.63, 3.8) is 0 Å². The van der Waals surface area contributed by atoms with Crippen molar-refractivity contribution in [2.75, 3.05) is 6.54 Å². The van der Waals surface area contributed by atoms with Crippen LogP contribution in [0.15, 0.2) is 30.3 Å². The van der Waals surface area contributed by atoms with E-state index in [2.05, 4.69) is 42.6 Å². The van der Waals surface area contributed by atoms with Gasteiger partial charge in [0.1, 0.15) is 0 Å². The Morgan fingerprint density at radius 2 is 1.86 bits per heavy atom. The van der Waals surface area contributed by atoms with Crippen molar-refractivity contribution in [2.45, 2.75) is 76.2 Å². The molecule has 5 unspecified atom stereocenters. The van der Waals surface area contributed by atoms with Crippen LogP contribution in [0.2, 0.25) is 0 Å². The van der Waals surface area contributed by atoms with E-state index < -0.39 is 0 Å². The maximum Gasteiger partial charge on any atom is 0.0792 e. The molecule has 0 radical (unpaired) electrons. The summed E-state index contributed by atoms with van der Waals surface area (Å²) in [6, 6.07) is 12.0. The van der Waals surface area contributed by atoms with Crippen molar-refractivity contribution in [2.24, 2.45) is 34.8 Å². The number of nitrogens with two attached hydrogens (primary N) is 1. The van der Waals surface area contributed by atoms with E-state index in [-0.39, 0.29) is 0 Å². The third-order valence-corrected chi connectivity index (χ3v) is 9.66. The summed E-state index contributed by atoms with van der Waals surface area (Å²) in [4.78, 5) is 1.21. The standard InChI is InChI=1S/C25H36N2S/c1-2-24-12-18-13-25(16-24,19-6-4-3-5-7-19)14-21(24)22(18)23(28)27-20-10-8-17(15-26)9-11-20/h3-7,17-18,20-22H,2,8-16,26H2,1H3,(H,27,28). The van der Waals surface area contributed by atoms with Crippen molar-refractivity contribution in [1.82, 2.24) is 5.32 Å². The molecule has 5 atom stereocenters. The van der Waals surface area contributed by atoms with Crippen LogP contribution in [0.4, 0.5) is 0 Å². The highest BCUT2D eigenvalue weighted by molar-refractivity contribution is 7.80. The Labute approximate surface area is 176 Å². The van der Waals surface area contributed by atoms with Gasteiger partial charge in [0.05, 0.1) is 4.99 Å². The molecular weight excluding hydrogens is 360 g/mol. The minimum absolute atomic E-state index is 0.427. The maximum atomic E-state index is 6.09. The Morgan fingerprint density at radius 3 is 2.54 bits per heavy atom. The zero-order chi connectivity index (χ0) is 19.4. The summed E-state index contributed by atoms with van der Waals surface area (Å²) in [5, 5.41) is 3.86. The Balaban J connectivity index is 1.33. The van der Waals surface area contributed by atoms with Crippen LogP contribution in [0.3, 0.4) is 0 Å². The van der Waals surface area contributed by atoms with E-state index in [1.54, 1.807) is 5.56 Å². The minimum atomic E-state index is 0.427. The Bertz CT molecular complexity index is 725. The smallest absolute Gasteiger partial charge is 0.0792 e. The van der Waals surface area contributed by atoms with Gasteiger partial charge in [0.15, 0.2) is 0 Å². The molecule has 3 heteroatoms. The first-order valence-electron chi connectivity index (χ1n) is 11.7. The van der Waals surface area contributed by atoms with E-state index in [4.69, 9.17) is 18.0 Å². The van der Waals surface area contributed by atoms with E-state index >= 15 is 0 Å². The predicted molar refractivity (Wildman–Crippen MR) is 120 cm³/mol. The lowest BCUT2D eigenvalue weighted by atomic mass is 9.61. The molecule has 1 aromatic carbocycles. The number of nitrogens with one attached hydrogen (secondary N) is 1. The number of hydrogen-bond acceptors (Lipinski definition) is 2. The van der Waals surface area contributed by atoms with Gasteiger partial charge in [0, 0.05) is 12.0 Å². The predicted octanol–water partition coefficient (Wildman–Crippen LogP) is 5.21. The highest BCUT2D eigenvalue weighted by Crippen LogP contribution is 2.73. The van der Waals surface area contributed by atoms with Crippen LogP contribution in [0.1, 0.15) is 70.3 Å². The molecule has 28 heavy (non-hydrogen) atoms. The fourth-order valence-corrected chi connectivity index (χ4v) is 8.50. The van der Waals surface area contributed by atoms with Crippen LogP contribution >= 0.6 is 12.2 Å². The molecule has 3 N–H and O–H groups in total. The van der Waals surface area contributed by atoms with Gasteiger partial charge in [0.2, 0.25) is 0 Å². The Hall–Kier alpha value is -0.930. The summed E-state index contributed by atoms with van der Waals surface area (Å²) in [5.74, 6) is 2.94. The Kier molecular flexibility index (Phi) is 4.83. The van der Waals surface area contributed by atoms with E-state index in [1.807, 2.05) is 0 Å². The molecule has 0 saturated heterocycles. The number of benzene rings is 1. The lowest BCUT2D eigenvalue weighted by Crippen LogP contribution is -2.46. The lowest BCUT2D eigenvalue weighted by Gasteiger charge is -2.43. The summed E-state index contributed by atoms with van der Waals surface area (Å²) in [6.45, 7) is 3.29. The van der Waals surface area contributed by atoms with E-state index in [0.717, 1.165) is 24.3 Å². The van der Waals surface area contributed by atoms with Gasteiger partial charge in [0.25, 0.3) is 0 Å². The van der Waals surface area contributed by atoms with Gasteiger partial charge in [-0.1, -0.05) is 55.9 Å². The van der Waals surface area contributed by atoms with E-state index in [9.17, 15) is 0 Å². The second-order valence-corrected chi connectivity index (χ2v) is 10.9. The molecular formula is C25H36N2S. The van der Waals surface area contributed by atoms with E-state index in [1.165, 1.54) is 62.8 Å². The average molecular weight is 397 g/mol. The van der Waals surface area contributed by atoms with E-state index in [0.29, 0.717) is 22.8 Å². The monoisotopic (exact) mass is 396 g/mol. The third-order valence-electron chi connectivity index (χ3n) is 9.27. The van der Waals surface area contributed by atoms with Crippen molar-refractivity contribution in [1.29, 1.82) is 0 Å². The Morgan fingerprint density at radius 1 is 1.11 bits per heavy atom. The molecule has 5 saturated carbocycles. The van der Waals surface area contributed by atoms with Crippen molar-refractivity contribution in [3.8, 4) is 0 Å². The van der Waals surface area contributed by atoms with Gasteiger partial charge in [-0.2, -0.15) is 0 Å². The van der Waals surface area contributed by atoms with Crippen LogP contribution in [0.5, 0.6) is 0 Å². The van der Waals surface area contributed by atoms with Crippen molar-refractivity contribution >= 4 is 17.2 Å². The van der Waals surface area contributed by atoms with Crippen molar-refractivity contribution in [3.05, 3.63) is 35.9 Å². The highest BCUT2D eigenvalue weighted by Gasteiger charge is 2.67. The molecule has 5 fully saturated rings. The zero-order valence-corrected chi connectivity index (χ0v) is 18.1. The van der Waals surface area contributed by atoms with Gasteiger partial charge in [-0.3, -0.25) is 0 Å². The number of thiocarbonyl (C=S) groups is 1. The summed E-state index contributed by atoms with van der Waals surface area (Å²) >= 11 is 6.09. The maximum absolute atomic E-state index is 6.09. The second kappa shape index (κ2) is 7.09. The first kappa shape index (κ1) is 19.1. The molecule has 1 aromatic rings. The first-order chi connectivity index (χ1) is 13.6. The van der Waals surface area contributed by atoms with Gasteiger partial charge < -0.3 is 11.1 Å². The topological polar surface area (TPSA) is 38.0 Å². The number of rotatable bonds is 5. The normalized spacial score (nSPS) is 44.0. The quantitative estimate of drug-likeness (QED) is 0.671. The third kappa shape index (κ3) is 2.88. The summed E-state index contributed by atoms with van der Waals surface area (Å²) in [6.07, 6.45) is 11.9. The largest absolute Gasteiger partial charge is 0.377 e. The SMILES string of the molecule is CCC12CC3CC(c4ccccc4)(CC1C3C(=S)NC1CCC(CN)CC1)C2. The summed E-state index contributed by atoms with van der Waals surface area (Å²) in [7, 11) is 0. The van der Waals surface area contributed by atoms with Crippen LogP contribution < -0.4 is 11.1 Å². The van der Waals surface area contributed by atoms with Gasteiger partial charge in [-0.15, -0.1) is 0 Å². The molecule has 4 bridgehead atoms. The zero-order valence-electron chi connectivity index (χ0n) is 17.3. The molecule has 0 aliphatic heterocycles. The van der Waals surface area contributed by atoms with Crippen LogP contribution in [-0.4, -0.2) is 17.6 Å². The fourth-order valence-electron chi connectivity index (χ4n) is 7.98. The summed E-state index contributed by atoms with van der Waals surface area (Å²) < 4.78 is 0. The lowest BCUT2D eigenvalue weighted by molar-refractivity contribution is 0.167. The second-order valence-electron chi connectivity index (χ2n) is 10.5. The molecule has 6 rings (SSSR count). The average Bonchev–Trinajstić information content (AvgIpc) is 3.10. The molecule has 2 nitrogen and oxygen atoms in total. The van der Waals surface area contributed by atoms with Crippen LogP contribution in [-0.2, 0) is 5.41 Å². The van der Waals surface area contributed by atoms with Crippen LogP contribution in [0.25, 0.3) is 0 Å². The molecule has 5 aliphatic rings. The highest BCUT2D eigenvalue weighted by atomic mass is 32.1. The molecule has 0 heterocycles. The molecule has 152 valence electrons. The fraction of sp³-hybridized carbons (Fsp3) is 0.720. The van der Waals surface area contributed by atoms with Gasteiger partial charge in [-0.25, -0.2) is 0 Å². The van der Waals surface area contributed by atoms with Gasteiger partial charge in [-0.05, 0) is 92.1 Å². The number of hydrogen-bond donors (Lipinski definition) is 2. The minimum Gasteiger partial charge on any atom is -0.377 e. The first-order valence-corrected chi connectivity index (χ1v) is 12.1. The van der Waals surface area contributed by atoms with Crippen LogP contribution in [0, 0.1) is 29.1 Å².